The van der Waals surface area contributed by atoms with Crippen LogP contribution in [0.2, 0.25) is 0 Å². The van der Waals surface area contributed by atoms with Gasteiger partial charge in [-0.15, -0.1) is 0 Å². The monoisotopic (exact) mass is 422 g/mol. The summed E-state index contributed by atoms with van der Waals surface area (Å²) in [7, 11) is 0. The zero-order valence-electron chi connectivity index (χ0n) is 17.2. The molecule has 0 spiro atoms. The van der Waals surface area contributed by atoms with E-state index in [1.807, 2.05) is 24.3 Å². The third-order valence-electron chi connectivity index (χ3n) is 5.53. The van der Waals surface area contributed by atoms with Gasteiger partial charge in [0.15, 0.2) is 0 Å². The van der Waals surface area contributed by atoms with E-state index in [2.05, 4.69) is 16.3 Å². The molecule has 0 bridgehead atoms. The van der Waals surface area contributed by atoms with Crippen LogP contribution in [0.3, 0.4) is 0 Å². The molecule has 7 nitrogen and oxygen atoms in total. The number of halogens is 1. The van der Waals surface area contributed by atoms with Gasteiger partial charge >= 0.3 is 6.09 Å². The van der Waals surface area contributed by atoms with Crippen LogP contribution in [0.15, 0.2) is 42.5 Å². The molecule has 4 rings (SSSR count). The van der Waals surface area contributed by atoms with Crippen LogP contribution in [0.1, 0.15) is 12.5 Å². The molecule has 0 saturated carbocycles. The molecule has 0 unspecified atom stereocenters. The van der Waals surface area contributed by atoms with Crippen LogP contribution >= 0.6 is 0 Å². The van der Waals surface area contributed by atoms with Gasteiger partial charge in [-0.1, -0.05) is 24.3 Å². The molecule has 31 heavy (non-hydrogen) atoms. The van der Waals surface area contributed by atoms with Crippen LogP contribution in [-0.2, 0) is 16.1 Å². The minimum Gasteiger partial charge on any atom is -0.442 e. The van der Waals surface area contributed by atoms with Gasteiger partial charge in [-0.25, -0.2) is 9.18 Å². The number of ether oxygens (including phenoxy) is 1. The predicted molar refractivity (Wildman–Crippen MR) is 113 cm³/mol. The van der Waals surface area contributed by atoms with Gasteiger partial charge in [0.25, 0.3) is 0 Å². The molecular formula is C23H23FN4O3. The molecule has 0 aliphatic carbocycles. The Labute approximate surface area is 180 Å². The van der Waals surface area contributed by atoms with E-state index < -0.39 is 18.0 Å². The fourth-order valence-corrected chi connectivity index (χ4v) is 3.83. The van der Waals surface area contributed by atoms with Crippen LogP contribution in [0.4, 0.5) is 14.9 Å². The number of nitrogens with zero attached hydrogens (tertiary/aromatic N) is 3. The molecular weight excluding hydrogens is 399 g/mol. The fraction of sp³-hybridized carbons (Fsp3) is 0.348. The highest BCUT2D eigenvalue weighted by Gasteiger charge is 2.32. The van der Waals surface area contributed by atoms with E-state index in [4.69, 9.17) is 10.00 Å². The lowest BCUT2D eigenvalue weighted by Crippen LogP contribution is -2.45. The Bertz CT molecular complexity index is 1030. The van der Waals surface area contributed by atoms with Crippen LogP contribution in [-0.4, -0.2) is 49.2 Å². The van der Waals surface area contributed by atoms with Crippen molar-refractivity contribution >= 4 is 17.7 Å². The van der Waals surface area contributed by atoms with Crippen molar-refractivity contribution in [2.24, 2.45) is 5.92 Å². The summed E-state index contributed by atoms with van der Waals surface area (Å²) in [6, 6.07) is 14.6. The highest BCUT2D eigenvalue weighted by molar-refractivity contribution is 5.90. The summed E-state index contributed by atoms with van der Waals surface area (Å²) in [4.78, 5) is 26.7. The van der Waals surface area contributed by atoms with Crippen molar-refractivity contribution in [2.45, 2.75) is 19.6 Å². The summed E-state index contributed by atoms with van der Waals surface area (Å²) in [6.45, 7) is 4.22. The fourth-order valence-electron chi connectivity index (χ4n) is 3.83. The van der Waals surface area contributed by atoms with Crippen molar-refractivity contribution in [2.75, 3.05) is 31.1 Å². The maximum Gasteiger partial charge on any atom is 0.414 e. The minimum absolute atomic E-state index is 0.125. The van der Waals surface area contributed by atoms with Crippen molar-refractivity contribution in [3.63, 3.8) is 0 Å². The molecule has 8 heteroatoms. The minimum atomic E-state index is -0.559. The number of nitriles is 1. The molecule has 0 radical (unpaired) electrons. The van der Waals surface area contributed by atoms with Crippen molar-refractivity contribution < 1.29 is 18.7 Å². The van der Waals surface area contributed by atoms with E-state index in [1.54, 1.807) is 12.1 Å². The Balaban J connectivity index is 1.41. The quantitative estimate of drug-likeness (QED) is 0.774. The molecule has 1 atom stereocenters. The van der Waals surface area contributed by atoms with Gasteiger partial charge in [0.05, 0.1) is 30.8 Å². The van der Waals surface area contributed by atoms with Gasteiger partial charge in [0, 0.05) is 32.1 Å². The normalized spacial score (nSPS) is 18.9. The second-order valence-electron chi connectivity index (χ2n) is 7.93. The SMILES string of the molecule is CC(=O)NC[C@H]1CN(c2ccc(-c3ccc(CN4CC(C#N)C4)cc3)c(F)c2)C(=O)O1. The summed E-state index contributed by atoms with van der Waals surface area (Å²) in [6.07, 6.45) is -1.03. The third-order valence-corrected chi connectivity index (χ3v) is 5.53. The number of carbonyl (C=O) groups excluding carboxylic acids is 2. The predicted octanol–water partition coefficient (Wildman–Crippen LogP) is 2.91. The molecule has 2 aliphatic heterocycles. The number of carbonyl (C=O) groups is 2. The van der Waals surface area contributed by atoms with Gasteiger partial charge in [-0.3, -0.25) is 14.6 Å². The van der Waals surface area contributed by atoms with E-state index in [9.17, 15) is 14.0 Å². The van der Waals surface area contributed by atoms with Gasteiger partial charge in [0.2, 0.25) is 5.91 Å². The number of nitrogens with one attached hydrogen (secondary N) is 1. The number of hydrogen-bond acceptors (Lipinski definition) is 5. The van der Waals surface area contributed by atoms with Gasteiger partial charge in [-0.2, -0.15) is 5.26 Å². The average molecular weight is 422 g/mol. The first-order chi connectivity index (χ1) is 14.9. The van der Waals surface area contributed by atoms with Crippen molar-refractivity contribution in [1.29, 1.82) is 5.26 Å². The van der Waals surface area contributed by atoms with Crippen molar-refractivity contribution in [3.8, 4) is 17.2 Å². The first-order valence-corrected chi connectivity index (χ1v) is 10.2. The molecule has 2 fully saturated rings. The third kappa shape index (κ3) is 4.67. The number of cyclic esters (lactones) is 1. The van der Waals surface area contributed by atoms with Crippen LogP contribution in [0.25, 0.3) is 11.1 Å². The lowest BCUT2D eigenvalue weighted by Gasteiger charge is -2.35. The van der Waals surface area contributed by atoms with Crippen LogP contribution in [0.5, 0.6) is 0 Å². The standard InChI is InChI=1S/C23H23FN4O3/c1-15(29)26-10-20-14-28(23(30)31-20)19-6-7-21(22(24)8-19)18-4-2-16(3-5-18)11-27-12-17(9-25)13-27/h2-8,17,20H,10-14H2,1H3,(H,26,29)/t20-/m0/s1. The molecule has 2 aliphatic rings. The maximum atomic E-state index is 14.8. The van der Waals surface area contributed by atoms with E-state index in [0.29, 0.717) is 11.3 Å². The zero-order chi connectivity index (χ0) is 22.0. The largest absolute Gasteiger partial charge is 0.442 e. The molecule has 2 aromatic carbocycles. The molecule has 2 heterocycles. The molecule has 160 valence electrons. The van der Waals surface area contributed by atoms with Crippen molar-refractivity contribution in [1.82, 2.24) is 10.2 Å². The number of likely N-dealkylation sites (tertiary alicyclic amines) is 1. The summed E-state index contributed by atoms with van der Waals surface area (Å²) in [5.74, 6) is -0.504. The second kappa shape index (κ2) is 8.74. The van der Waals surface area contributed by atoms with Crippen molar-refractivity contribution in [3.05, 3.63) is 53.8 Å². The van der Waals surface area contributed by atoms with Gasteiger partial charge in [-0.05, 0) is 29.3 Å². The van der Waals surface area contributed by atoms with Gasteiger partial charge < -0.3 is 10.1 Å². The molecule has 0 aromatic heterocycles. The summed E-state index contributed by atoms with van der Waals surface area (Å²) >= 11 is 0. The molecule has 2 saturated heterocycles. The van der Waals surface area contributed by atoms with E-state index in [0.717, 1.165) is 30.8 Å². The maximum absolute atomic E-state index is 14.8. The smallest absolute Gasteiger partial charge is 0.414 e. The highest BCUT2D eigenvalue weighted by atomic mass is 19.1. The number of benzene rings is 2. The van der Waals surface area contributed by atoms with E-state index in [-0.39, 0.29) is 24.9 Å². The van der Waals surface area contributed by atoms with Gasteiger partial charge in [0.1, 0.15) is 11.9 Å². The lowest BCUT2D eigenvalue weighted by molar-refractivity contribution is -0.119. The Hall–Kier alpha value is -3.44. The van der Waals surface area contributed by atoms with Crippen LogP contribution < -0.4 is 10.2 Å². The average Bonchev–Trinajstić information content (AvgIpc) is 3.10. The Morgan fingerprint density at radius 3 is 2.61 bits per heavy atom. The summed E-state index contributed by atoms with van der Waals surface area (Å²) in [5.41, 5.74) is 2.73. The second-order valence-corrected chi connectivity index (χ2v) is 7.93. The Morgan fingerprint density at radius 1 is 1.23 bits per heavy atom. The lowest BCUT2D eigenvalue weighted by atomic mass is 9.99. The molecule has 2 amide bonds. The molecule has 2 aromatic rings. The number of hydrogen-bond donors (Lipinski definition) is 1. The highest BCUT2D eigenvalue weighted by Crippen LogP contribution is 2.29. The van der Waals surface area contributed by atoms with Crippen LogP contribution in [0, 0.1) is 23.1 Å². The number of anilines is 1. The zero-order valence-corrected chi connectivity index (χ0v) is 17.2. The first kappa shape index (κ1) is 20.8. The summed E-state index contributed by atoms with van der Waals surface area (Å²) < 4.78 is 20.1. The first-order valence-electron chi connectivity index (χ1n) is 10.2. The number of amides is 2. The molecule has 1 N–H and O–H groups in total. The Kier molecular flexibility index (Phi) is 5.87. The summed E-state index contributed by atoms with van der Waals surface area (Å²) in [5, 5.41) is 11.5. The Morgan fingerprint density at radius 2 is 1.97 bits per heavy atom. The number of rotatable bonds is 6. The van der Waals surface area contributed by atoms with E-state index >= 15 is 0 Å². The van der Waals surface area contributed by atoms with E-state index in [1.165, 1.54) is 17.9 Å². The topological polar surface area (TPSA) is 85.7 Å².